The number of hydrogen-bond donors (Lipinski definition) is 2. The lowest BCUT2D eigenvalue weighted by molar-refractivity contribution is -0.146. The second-order valence-electron chi connectivity index (χ2n) is 5.86. The summed E-state index contributed by atoms with van der Waals surface area (Å²) >= 11 is 0. The Morgan fingerprint density at radius 3 is 2.50 bits per heavy atom. The van der Waals surface area contributed by atoms with Gasteiger partial charge in [-0.3, -0.25) is 0 Å². The van der Waals surface area contributed by atoms with Gasteiger partial charge in [-0.1, -0.05) is 19.8 Å². The van der Waals surface area contributed by atoms with Crippen LogP contribution in [0.5, 0.6) is 0 Å². The summed E-state index contributed by atoms with van der Waals surface area (Å²) in [4.78, 5) is 25.2. The van der Waals surface area contributed by atoms with E-state index in [9.17, 15) is 14.7 Å². The fraction of sp³-hybridized carbons (Fsp3) is 0.846. The fourth-order valence-corrected chi connectivity index (χ4v) is 2.83. The molecule has 102 valence electrons. The first-order valence-electron chi connectivity index (χ1n) is 6.73. The molecule has 5 nitrogen and oxygen atoms in total. The maximum absolute atomic E-state index is 12.1. The zero-order chi connectivity index (χ0) is 13.3. The van der Waals surface area contributed by atoms with Gasteiger partial charge in [-0.15, -0.1) is 0 Å². The molecule has 2 amide bonds. The van der Waals surface area contributed by atoms with Crippen molar-refractivity contribution in [2.75, 3.05) is 7.05 Å². The van der Waals surface area contributed by atoms with Crippen LogP contribution >= 0.6 is 0 Å². The number of hydrogen-bond acceptors (Lipinski definition) is 2. The van der Waals surface area contributed by atoms with Crippen LogP contribution in [0.15, 0.2) is 0 Å². The minimum Gasteiger partial charge on any atom is -0.480 e. The van der Waals surface area contributed by atoms with E-state index in [1.54, 1.807) is 11.9 Å². The minimum absolute atomic E-state index is 0.242. The minimum atomic E-state index is -1.06. The first-order chi connectivity index (χ1) is 8.44. The summed E-state index contributed by atoms with van der Waals surface area (Å²) in [6.07, 6.45) is 5.04. The molecule has 5 heteroatoms. The third-order valence-electron chi connectivity index (χ3n) is 4.17. The Morgan fingerprint density at radius 1 is 1.33 bits per heavy atom. The van der Waals surface area contributed by atoms with Gasteiger partial charge < -0.3 is 15.3 Å². The van der Waals surface area contributed by atoms with E-state index in [4.69, 9.17) is 0 Å². The number of aliphatic carboxylic acids is 1. The molecule has 2 aliphatic rings. The fourth-order valence-electron chi connectivity index (χ4n) is 2.83. The zero-order valence-corrected chi connectivity index (χ0v) is 11.1. The number of carboxylic acid groups (broad SMARTS) is 1. The van der Waals surface area contributed by atoms with E-state index in [0.29, 0.717) is 24.8 Å². The molecule has 2 atom stereocenters. The molecule has 0 bridgehead atoms. The summed E-state index contributed by atoms with van der Waals surface area (Å²) in [6.45, 7) is 2.05. The molecule has 18 heavy (non-hydrogen) atoms. The summed E-state index contributed by atoms with van der Waals surface area (Å²) in [6, 6.07) is 0.0610. The van der Waals surface area contributed by atoms with E-state index < -0.39 is 11.5 Å². The van der Waals surface area contributed by atoms with E-state index in [1.165, 1.54) is 0 Å². The molecule has 2 unspecified atom stereocenters. The molecule has 0 spiro atoms. The third-order valence-corrected chi connectivity index (χ3v) is 4.17. The van der Waals surface area contributed by atoms with Gasteiger partial charge in [0, 0.05) is 13.1 Å². The van der Waals surface area contributed by atoms with E-state index in [1.807, 2.05) is 6.92 Å². The SMILES string of the molecule is CC1CCCC(NC(=O)N(C)C2CC2)(C(=O)O)C1. The van der Waals surface area contributed by atoms with E-state index in [-0.39, 0.29) is 6.03 Å². The van der Waals surface area contributed by atoms with Gasteiger partial charge in [0.25, 0.3) is 0 Å². The Bertz CT molecular complexity index is 354. The average Bonchev–Trinajstić information content (AvgIpc) is 3.11. The average molecular weight is 254 g/mol. The van der Waals surface area contributed by atoms with Crippen molar-refractivity contribution in [3.63, 3.8) is 0 Å². The van der Waals surface area contributed by atoms with Crippen molar-refractivity contribution in [2.24, 2.45) is 5.92 Å². The number of urea groups is 1. The lowest BCUT2D eigenvalue weighted by Gasteiger charge is -2.38. The van der Waals surface area contributed by atoms with Gasteiger partial charge in [-0.25, -0.2) is 9.59 Å². The summed E-state index contributed by atoms with van der Waals surface area (Å²) in [5, 5.41) is 12.2. The zero-order valence-electron chi connectivity index (χ0n) is 11.1. The van der Waals surface area contributed by atoms with E-state index in [0.717, 1.165) is 25.7 Å². The summed E-state index contributed by atoms with van der Waals surface area (Å²) in [5.41, 5.74) is -1.06. The quantitative estimate of drug-likeness (QED) is 0.807. The van der Waals surface area contributed by atoms with Crippen LogP contribution in [0.25, 0.3) is 0 Å². The van der Waals surface area contributed by atoms with Crippen molar-refractivity contribution in [3.05, 3.63) is 0 Å². The molecule has 0 aromatic rings. The Kier molecular flexibility index (Phi) is 3.50. The highest BCUT2D eigenvalue weighted by Crippen LogP contribution is 2.33. The van der Waals surface area contributed by atoms with Gasteiger partial charge in [0.15, 0.2) is 0 Å². The number of amides is 2. The Morgan fingerprint density at radius 2 is 2.00 bits per heavy atom. The molecule has 2 saturated carbocycles. The number of rotatable bonds is 3. The Labute approximate surface area is 108 Å². The highest BCUT2D eigenvalue weighted by molar-refractivity contribution is 5.86. The smallest absolute Gasteiger partial charge is 0.329 e. The van der Waals surface area contributed by atoms with Crippen molar-refractivity contribution < 1.29 is 14.7 Å². The molecule has 0 aliphatic heterocycles. The van der Waals surface area contributed by atoms with Gasteiger partial charge in [0.1, 0.15) is 5.54 Å². The predicted molar refractivity (Wildman–Crippen MR) is 67.3 cm³/mol. The number of nitrogens with zero attached hydrogens (tertiary/aromatic N) is 1. The second-order valence-corrected chi connectivity index (χ2v) is 5.86. The van der Waals surface area contributed by atoms with E-state index in [2.05, 4.69) is 5.32 Å². The second kappa shape index (κ2) is 4.78. The van der Waals surface area contributed by atoms with Crippen LogP contribution < -0.4 is 5.32 Å². The Hall–Kier alpha value is -1.26. The summed E-state index contributed by atoms with van der Waals surface area (Å²) < 4.78 is 0. The number of nitrogens with one attached hydrogen (secondary N) is 1. The summed E-state index contributed by atoms with van der Waals surface area (Å²) in [5.74, 6) is -0.548. The van der Waals surface area contributed by atoms with Crippen molar-refractivity contribution in [1.82, 2.24) is 10.2 Å². The maximum atomic E-state index is 12.1. The lowest BCUT2D eigenvalue weighted by Crippen LogP contribution is -2.59. The van der Waals surface area contributed by atoms with Crippen molar-refractivity contribution in [3.8, 4) is 0 Å². The molecule has 0 heterocycles. The number of carboxylic acids is 1. The molecular weight excluding hydrogens is 232 g/mol. The van der Waals surface area contributed by atoms with Crippen LogP contribution in [-0.4, -0.2) is 40.6 Å². The summed E-state index contributed by atoms with van der Waals surface area (Å²) in [7, 11) is 1.74. The van der Waals surface area contributed by atoms with E-state index >= 15 is 0 Å². The van der Waals surface area contributed by atoms with Crippen LogP contribution in [0.2, 0.25) is 0 Å². The van der Waals surface area contributed by atoms with Crippen LogP contribution in [0, 0.1) is 5.92 Å². The first-order valence-corrected chi connectivity index (χ1v) is 6.73. The van der Waals surface area contributed by atoms with Crippen LogP contribution in [0.4, 0.5) is 4.79 Å². The van der Waals surface area contributed by atoms with Gasteiger partial charge in [-0.2, -0.15) is 0 Å². The number of carbonyl (C=O) groups is 2. The van der Waals surface area contributed by atoms with Gasteiger partial charge in [0.2, 0.25) is 0 Å². The van der Waals surface area contributed by atoms with Crippen LogP contribution in [0.1, 0.15) is 45.4 Å². The van der Waals surface area contributed by atoms with Crippen molar-refractivity contribution >= 4 is 12.0 Å². The molecule has 0 aromatic heterocycles. The van der Waals surface area contributed by atoms with Crippen molar-refractivity contribution in [2.45, 2.75) is 57.0 Å². The first kappa shape index (κ1) is 13.2. The highest BCUT2D eigenvalue weighted by atomic mass is 16.4. The number of carbonyl (C=O) groups excluding carboxylic acids is 1. The monoisotopic (exact) mass is 254 g/mol. The lowest BCUT2D eigenvalue weighted by atomic mass is 9.76. The van der Waals surface area contributed by atoms with Crippen LogP contribution in [0.3, 0.4) is 0 Å². The molecular formula is C13H22N2O3. The predicted octanol–water partition coefficient (Wildman–Crippen LogP) is 1.82. The molecule has 2 fully saturated rings. The molecule has 2 aliphatic carbocycles. The molecule has 2 rings (SSSR count). The highest BCUT2D eigenvalue weighted by Gasteiger charge is 2.44. The largest absolute Gasteiger partial charge is 0.480 e. The van der Waals surface area contributed by atoms with Crippen LogP contribution in [-0.2, 0) is 4.79 Å². The van der Waals surface area contributed by atoms with Crippen molar-refractivity contribution in [1.29, 1.82) is 0 Å². The Balaban J connectivity index is 2.05. The van der Waals surface area contributed by atoms with Gasteiger partial charge >= 0.3 is 12.0 Å². The standard InChI is InChI=1S/C13H22N2O3/c1-9-4-3-7-13(8-9,11(16)17)14-12(18)15(2)10-5-6-10/h9-10H,3-8H2,1-2H3,(H,14,18)(H,16,17). The third kappa shape index (κ3) is 2.60. The topological polar surface area (TPSA) is 69.6 Å². The normalized spacial score (nSPS) is 31.8. The van der Waals surface area contributed by atoms with Gasteiger partial charge in [-0.05, 0) is 31.6 Å². The molecule has 2 N–H and O–H groups in total. The molecule has 0 saturated heterocycles. The molecule has 0 radical (unpaired) electrons. The molecule has 0 aromatic carbocycles. The van der Waals surface area contributed by atoms with Gasteiger partial charge in [0.05, 0.1) is 0 Å². The maximum Gasteiger partial charge on any atom is 0.329 e.